The molecule has 0 radical (unpaired) electrons. The Kier molecular flexibility index (Phi) is 6.67. The van der Waals surface area contributed by atoms with E-state index in [1.165, 1.54) is 11.8 Å². The van der Waals surface area contributed by atoms with Crippen LogP contribution in [0.4, 0.5) is 22.0 Å². The first-order valence-corrected chi connectivity index (χ1v) is 6.57. The summed E-state index contributed by atoms with van der Waals surface area (Å²) < 4.78 is 60.4. The van der Waals surface area contributed by atoms with Crippen molar-refractivity contribution < 1.29 is 22.0 Å². The van der Waals surface area contributed by atoms with Crippen LogP contribution >= 0.6 is 34.4 Å². The molecule has 7 heteroatoms. The second-order valence-corrected chi connectivity index (χ2v) is 4.91. The van der Waals surface area contributed by atoms with Crippen molar-refractivity contribution in [1.82, 2.24) is 0 Å². The van der Waals surface area contributed by atoms with Crippen molar-refractivity contribution in [3.63, 3.8) is 0 Å². The zero-order valence-corrected chi connectivity index (χ0v) is 10.2. The Balaban J connectivity index is 3.67. The fourth-order valence-corrected chi connectivity index (χ4v) is 2.29. The minimum absolute atomic E-state index is 0.103. The monoisotopic (exact) mass is 348 g/mol. The lowest BCUT2D eigenvalue weighted by Gasteiger charge is -2.18. The van der Waals surface area contributed by atoms with Gasteiger partial charge in [0.25, 0.3) is 0 Å². The molecule has 0 N–H and O–H groups in total. The molecule has 14 heavy (non-hydrogen) atoms. The molecule has 0 atom stereocenters. The van der Waals surface area contributed by atoms with Gasteiger partial charge in [0.2, 0.25) is 0 Å². The van der Waals surface area contributed by atoms with Gasteiger partial charge in [-0.1, -0.05) is 22.6 Å². The van der Waals surface area contributed by atoms with Crippen molar-refractivity contribution >= 4 is 34.4 Å². The standard InChI is InChI=1S/C7H10F5IS/c8-6(9,7(10,11)12)2-1-4-14-5-3-13/h1-5H2. The van der Waals surface area contributed by atoms with Gasteiger partial charge in [0, 0.05) is 16.6 Å². The van der Waals surface area contributed by atoms with Gasteiger partial charge in [0.15, 0.2) is 0 Å². The van der Waals surface area contributed by atoms with Gasteiger partial charge in [0.05, 0.1) is 0 Å². The first-order valence-electron chi connectivity index (χ1n) is 3.89. The lowest BCUT2D eigenvalue weighted by atomic mass is 10.2. The summed E-state index contributed by atoms with van der Waals surface area (Å²) in [5.74, 6) is -3.38. The van der Waals surface area contributed by atoms with Crippen molar-refractivity contribution in [2.24, 2.45) is 0 Å². The predicted octanol–water partition coefficient (Wildman–Crippen LogP) is 4.13. The fourth-order valence-electron chi connectivity index (χ4n) is 0.695. The van der Waals surface area contributed by atoms with Gasteiger partial charge in [-0.3, -0.25) is 0 Å². The highest BCUT2D eigenvalue weighted by molar-refractivity contribution is 14.1. The first-order chi connectivity index (χ1) is 6.31. The van der Waals surface area contributed by atoms with Crippen LogP contribution in [-0.4, -0.2) is 28.0 Å². The van der Waals surface area contributed by atoms with Crippen molar-refractivity contribution in [3.05, 3.63) is 0 Å². The van der Waals surface area contributed by atoms with E-state index in [1.807, 2.05) is 0 Å². The van der Waals surface area contributed by atoms with E-state index in [2.05, 4.69) is 22.6 Å². The highest BCUT2D eigenvalue weighted by Gasteiger charge is 2.56. The Morgan fingerprint density at radius 3 is 2.00 bits per heavy atom. The van der Waals surface area contributed by atoms with E-state index >= 15 is 0 Å². The number of rotatable bonds is 6. The molecule has 86 valence electrons. The van der Waals surface area contributed by atoms with E-state index in [0.29, 0.717) is 5.75 Å². The molecule has 0 aliphatic carbocycles. The zero-order chi connectivity index (χ0) is 11.2. The molecule has 0 aliphatic rings. The number of thioether (sulfide) groups is 1. The summed E-state index contributed by atoms with van der Waals surface area (Å²) >= 11 is 3.52. The molecule has 0 bridgehead atoms. The average molecular weight is 348 g/mol. The van der Waals surface area contributed by atoms with E-state index in [-0.39, 0.29) is 6.42 Å². The maximum Gasteiger partial charge on any atom is 0.453 e. The smallest absolute Gasteiger partial charge is 0.196 e. The molecule has 0 aromatic carbocycles. The summed E-state index contributed by atoms with van der Waals surface area (Å²) in [4.78, 5) is 0. The van der Waals surface area contributed by atoms with E-state index in [9.17, 15) is 22.0 Å². The molecule has 0 unspecified atom stereocenters. The van der Waals surface area contributed by atoms with Gasteiger partial charge in [-0.05, 0) is 12.2 Å². The maximum atomic E-state index is 12.3. The van der Waals surface area contributed by atoms with Crippen molar-refractivity contribution in [2.75, 3.05) is 15.9 Å². The van der Waals surface area contributed by atoms with Crippen molar-refractivity contribution in [1.29, 1.82) is 0 Å². The topological polar surface area (TPSA) is 0 Å². The predicted molar refractivity (Wildman–Crippen MR) is 56.4 cm³/mol. The number of alkyl halides is 6. The van der Waals surface area contributed by atoms with Crippen molar-refractivity contribution in [3.8, 4) is 0 Å². The maximum absolute atomic E-state index is 12.3. The van der Waals surface area contributed by atoms with E-state index in [0.717, 1.165) is 10.2 Å². The van der Waals surface area contributed by atoms with Crippen LogP contribution in [0.25, 0.3) is 0 Å². The van der Waals surface area contributed by atoms with Gasteiger partial charge < -0.3 is 0 Å². The van der Waals surface area contributed by atoms with Gasteiger partial charge in [-0.15, -0.1) is 0 Å². The Labute approximate surface area is 97.1 Å². The van der Waals surface area contributed by atoms with E-state index < -0.39 is 18.5 Å². The van der Waals surface area contributed by atoms with Gasteiger partial charge in [0.1, 0.15) is 0 Å². The van der Waals surface area contributed by atoms with Gasteiger partial charge in [-0.25, -0.2) is 0 Å². The van der Waals surface area contributed by atoms with Crippen LogP contribution in [0.15, 0.2) is 0 Å². The molecule has 0 nitrogen and oxygen atoms in total. The molecule has 0 rings (SSSR count). The summed E-state index contributed by atoms with van der Waals surface area (Å²) in [7, 11) is 0. The van der Waals surface area contributed by atoms with Gasteiger partial charge >= 0.3 is 12.1 Å². The number of hydrogen-bond donors (Lipinski definition) is 0. The normalized spacial score (nSPS) is 13.3. The Morgan fingerprint density at radius 2 is 1.57 bits per heavy atom. The molecule has 0 aromatic rings. The second-order valence-electron chi connectivity index (χ2n) is 2.61. The highest BCUT2D eigenvalue weighted by Crippen LogP contribution is 2.38. The zero-order valence-electron chi connectivity index (χ0n) is 7.21. The Hall–Kier alpha value is 0.730. The number of hydrogen-bond acceptors (Lipinski definition) is 1. The van der Waals surface area contributed by atoms with E-state index in [1.54, 1.807) is 0 Å². The largest absolute Gasteiger partial charge is 0.453 e. The van der Waals surface area contributed by atoms with Crippen LogP contribution in [0, 0.1) is 0 Å². The molecule has 0 aliphatic heterocycles. The van der Waals surface area contributed by atoms with Crippen LogP contribution in [0.5, 0.6) is 0 Å². The fraction of sp³-hybridized carbons (Fsp3) is 1.00. The quantitative estimate of drug-likeness (QED) is 0.301. The molecule has 0 heterocycles. The van der Waals surface area contributed by atoms with Crippen LogP contribution < -0.4 is 0 Å². The molecular formula is C7H10F5IS. The highest BCUT2D eigenvalue weighted by atomic mass is 127. The van der Waals surface area contributed by atoms with Crippen molar-refractivity contribution in [2.45, 2.75) is 24.9 Å². The molecular weight excluding hydrogens is 338 g/mol. The summed E-state index contributed by atoms with van der Waals surface area (Å²) in [5, 5.41) is 0. The molecule has 0 saturated heterocycles. The molecule has 0 aromatic heterocycles. The number of halogens is 6. The van der Waals surface area contributed by atoms with Gasteiger partial charge in [-0.2, -0.15) is 33.7 Å². The SMILES string of the molecule is FC(F)(F)C(F)(F)CCCSCCI. The van der Waals surface area contributed by atoms with Crippen LogP contribution in [0.1, 0.15) is 12.8 Å². The summed E-state index contributed by atoms with van der Waals surface area (Å²) in [6, 6.07) is 0. The molecule has 0 saturated carbocycles. The van der Waals surface area contributed by atoms with Crippen LogP contribution in [-0.2, 0) is 0 Å². The third-order valence-electron chi connectivity index (χ3n) is 1.42. The summed E-state index contributed by atoms with van der Waals surface area (Å²) in [6.07, 6.45) is -6.61. The minimum Gasteiger partial charge on any atom is -0.196 e. The minimum atomic E-state index is -5.40. The lowest BCUT2D eigenvalue weighted by Crippen LogP contribution is -2.36. The molecule has 0 fully saturated rings. The Bertz CT molecular complexity index is 159. The first kappa shape index (κ1) is 14.7. The summed E-state index contributed by atoms with van der Waals surface area (Å²) in [5.41, 5.74) is 0. The molecule has 0 spiro atoms. The third-order valence-corrected chi connectivity index (χ3v) is 3.76. The average Bonchev–Trinajstić information content (AvgIpc) is 2.02. The Morgan fingerprint density at radius 1 is 1.00 bits per heavy atom. The van der Waals surface area contributed by atoms with Crippen LogP contribution in [0.2, 0.25) is 0 Å². The van der Waals surface area contributed by atoms with Crippen LogP contribution in [0.3, 0.4) is 0 Å². The van der Waals surface area contributed by atoms with E-state index in [4.69, 9.17) is 0 Å². The second kappa shape index (κ2) is 6.34. The lowest BCUT2D eigenvalue weighted by molar-refractivity contribution is -0.284. The third kappa shape index (κ3) is 5.57. The summed E-state index contributed by atoms with van der Waals surface area (Å²) in [6.45, 7) is 0. The molecule has 0 amide bonds.